The Bertz CT molecular complexity index is 644. The lowest BCUT2D eigenvalue weighted by Gasteiger charge is -2.08. The van der Waals surface area contributed by atoms with Crippen molar-refractivity contribution in [1.29, 1.82) is 0 Å². The van der Waals surface area contributed by atoms with Gasteiger partial charge in [-0.3, -0.25) is 0 Å². The topological polar surface area (TPSA) is 46.5 Å². The largest absolute Gasteiger partial charge is 0.428 e. The highest BCUT2D eigenvalue weighted by atomic mass is 16.6. The van der Waals surface area contributed by atoms with Gasteiger partial charge in [0.05, 0.1) is 5.57 Å². The van der Waals surface area contributed by atoms with Crippen LogP contribution in [-0.2, 0) is 16.0 Å². The second-order valence-corrected chi connectivity index (χ2v) is 4.68. The zero-order valence-electron chi connectivity index (χ0n) is 10.8. The molecular weight excluding hydrogens is 252 g/mol. The number of carbonyl (C=O) groups excluding carboxylic acids is 1. The molecule has 1 N–H and O–H groups in total. The van der Waals surface area contributed by atoms with Crippen molar-refractivity contribution in [2.24, 2.45) is 0 Å². The van der Waals surface area contributed by atoms with Crippen molar-refractivity contribution in [3.8, 4) is 0 Å². The van der Waals surface area contributed by atoms with Crippen molar-refractivity contribution < 1.29 is 14.6 Å². The van der Waals surface area contributed by atoms with Gasteiger partial charge in [0, 0.05) is 12.0 Å². The fraction of sp³-hybridized carbons (Fsp3) is 0.118. The van der Waals surface area contributed by atoms with Gasteiger partial charge in [-0.1, -0.05) is 60.7 Å². The van der Waals surface area contributed by atoms with E-state index in [-0.39, 0.29) is 0 Å². The third-order valence-electron chi connectivity index (χ3n) is 3.35. The summed E-state index contributed by atoms with van der Waals surface area (Å²) in [5.74, 6) is -0.444. The van der Waals surface area contributed by atoms with Gasteiger partial charge in [0.2, 0.25) is 6.29 Å². The monoisotopic (exact) mass is 266 g/mol. The van der Waals surface area contributed by atoms with E-state index in [4.69, 9.17) is 4.74 Å². The number of esters is 1. The quantitative estimate of drug-likeness (QED) is 0.868. The maximum Gasteiger partial charge on any atom is 0.337 e. The van der Waals surface area contributed by atoms with Crippen molar-refractivity contribution in [2.45, 2.75) is 12.7 Å². The molecule has 0 radical (unpaired) electrons. The van der Waals surface area contributed by atoms with E-state index >= 15 is 0 Å². The summed E-state index contributed by atoms with van der Waals surface area (Å²) in [6.07, 6.45) is -0.718. The average Bonchev–Trinajstić information content (AvgIpc) is 2.75. The molecule has 3 rings (SSSR count). The van der Waals surface area contributed by atoms with Crippen LogP contribution in [-0.4, -0.2) is 17.4 Å². The highest BCUT2D eigenvalue weighted by molar-refractivity contribution is 6.02. The van der Waals surface area contributed by atoms with Gasteiger partial charge in [0.1, 0.15) is 0 Å². The first-order valence-electron chi connectivity index (χ1n) is 6.47. The molecule has 0 saturated carbocycles. The van der Waals surface area contributed by atoms with E-state index in [1.54, 1.807) is 0 Å². The van der Waals surface area contributed by atoms with Gasteiger partial charge >= 0.3 is 5.97 Å². The Kier molecular flexibility index (Phi) is 3.35. The molecular formula is C17H14O3. The molecule has 0 aliphatic carbocycles. The van der Waals surface area contributed by atoms with Crippen LogP contribution >= 0.6 is 0 Å². The summed E-state index contributed by atoms with van der Waals surface area (Å²) in [7, 11) is 0. The summed E-state index contributed by atoms with van der Waals surface area (Å²) < 4.78 is 4.96. The van der Waals surface area contributed by atoms with E-state index in [2.05, 4.69) is 0 Å². The first-order valence-corrected chi connectivity index (χ1v) is 6.47. The summed E-state index contributed by atoms with van der Waals surface area (Å²) in [5.41, 5.74) is 2.92. The van der Waals surface area contributed by atoms with Gasteiger partial charge in [0.25, 0.3) is 0 Å². The molecule has 2 aromatic carbocycles. The minimum absolute atomic E-state index is 0.444. The number of ether oxygens (including phenoxy) is 1. The van der Waals surface area contributed by atoms with Crippen LogP contribution in [0.1, 0.15) is 11.1 Å². The molecule has 1 aliphatic heterocycles. The van der Waals surface area contributed by atoms with Crippen molar-refractivity contribution in [2.75, 3.05) is 0 Å². The number of rotatable bonds is 3. The normalized spacial score (nSPS) is 18.2. The SMILES string of the molecule is O=C1O[C@H](O)C(c2ccccc2)=C1Cc1ccccc1. The molecule has 2 aromatic rings. The second-order valence-electron chi connectivity index (χ2n) is 4.68. The molecule has 1 aliphatic rings. The highest BCUT2D eigenvalue weighted by Crippen LogP contribution is 2.32. The molecule has 100 valence electrons. The van der Waals surface area contributed by atoms with E-state index in [1.807, 2.05) is 60.7 Å². The van der Waals surface area contributed by atoms with Crippen LogP contribution in [0.15, 0.2) is 66.2 Å². The highest BCUT2D eigenvalue weighted by Gasteiger charge is 2.33. The van der Waals surface area contributed by atoms with Crippen LogP contribution in [0.2, 0.25) is 0 Å². The molecule has 20 heavy (non-hydrogen) atoms. The number of benzene rings is 2. The predicted molar refractivity (Wildman–Crippen MR) is 75.6 cm³/mol. The first-order chi connectivity index (χ1) is 9.75. The van der Waals surface area contributed by atoms with Crippen LogP contribution in [0.25, 0.3) is 5.57 Å². The first kappa shape index (κ1) is 12.6. The summed E-state index contributed by atoms with van der Waals surface area (Å²) in [5, 5.41) is 9.96. The zero-order valence-corrected chi connectivity index (χ0v) is 10.8. The number of hydrogen-bond acceptors (Lipinski definition) is 3. The Hall–Kier alpha value is -2.39. The molecule has 0 unspecified atom stereocenters. The lowest BCUT2D eigenvalue weighted by molar-refractivity contribution is -0.150. The smallest absolute Gasteiger partial charge is 0.337 e. The van der Waals surface area contributed by atoms with Gasteiger partial charge in [0.15, 0.2) is 0 Å². The van der Waals surface area contributed by atoms with Gasteiger partial charge in [-0.05, 0) is 11.1 Å². The molecule has 0 fully saturated rings. The summed E-state index contributed by atoms with van der Waals surface area (Å²) >= 11 is 0. The number of aliphatic hydroxyl groups is 1. The molecule has 3 nitrogen and oxygen atoms in total. The number of hydrogen-bond donors (Lipinski definition) is 1. The van der Waals surface area contributed by atoms with E-state index in [0.717, 1.165) is 11.1 Å². The van der Waals surface area contributed by atoms with E-state index in [9.17, 15) is 9.90 Å². The number of cyclic esters (lactones) is 1. The molecule has 0 saturated heterocycles. The van der Waals surface area contributed by atoms with Crippen LogP contribution in [0.5, 0.6) is 0 Å². The maximum absolute atomic E-state index is 11.9. The lowest BCUT2D eigenvalue weighted by atomic mass is 9.96. The van der Waals surface area contributed by atoms with Crippen molar-refractivity contribution in [3.05, 3.63) is 77.4 Å². The Labute approximate surface area is 117 Å². The summed E-state index contributed by atoms with van der Waals surface area (Å²) in [4.78, 5) is 11.9. The van der Waals surface area contributed by atoms with Crippen molar-refractivity contribution >= 4 is 11.5 Å². The van der Waals surface area contributed by atoms with Crippen molar-refractivity contribution in [1.82, 2.24) is 0 Å². The third kappa shape index (κ3) is 2.36. The average molecular weight is 266 g/mol. The number of carbonyl (C=O) groups is 1. The summed E-state index contributed by atoms with van der Waals surface area (Å²) in [6, 6.07) is 19.1. The van der Waals surface area contributed by atoms with Crippen molar-refractivity contribution in [3.63, 3.8) is 0 Å². The zero-order chi connectivity index (χ0) is 13.9. The van der Waals surface area contributed by atoms with Crippen LogP contribution in [0, 0.1) is 0 Å². The fourth-order valence-electron chi connectivity index (χ4n) is 2.39. The molecule has 0 bridgehead atoms. The second kappa shape index (κ2) is 5.31. The van der Waals surface area contributed by atoms with E-state index < -0.39 is 12.3 Å². The Morgan fingerprint density at radius 2 is 1.55 bits per heavy atom. The molecule has 0 spiro atoms. The van der Waals surface area contributed by atoms with Gasteiger partial charge in [-0.2, -0.15) is 0 Å². The van der Waals surface area contributed by atoms with Crippen LogP contribution < -0.4 is 0 Å². The van der Waals surface area contributed by atoms with Gasteiger partial charge in [-0.15, -0.1) is 0 Å². The van der Waals surface area contributed by atoms with E-state index in [0.29, 0.717) is 17.6 Å². The van der Waals surface area contributed by atoms with Gasteiger partial charge in [-0.25, -0.2) is 4.79 Å². The third-order valence-corrected chi connectivity index (χ3v) is 3.35. The summed E-state index contributed by atoms with van der Waals surface area (Å²) in [6.45, 7) is 0. The van der Waals surface area contributed by atoms with E-state index in [1.165, 1.54) is 0 Å². The standard InChI is InChI=1S/C17H14O3/c18-16-14(11-12-7-3-1-4-8-12)15(17(19)20-16)13-9-5-2-6-10-13/h1-10,17,19H,11H2/t17-/m0/s1. The van der Waals surface area contributed by atoms with Gasteiger partial charge < -0.3 is 9.84 Å². The maximum atomic E-state index is 11.9. The fourth-order valence-corrected chi connectivity index (χ4v) is 2.39. The molecule has 1 heterocycles. The molecule has 3 heteroatoms. The predicted octanol–water partition coefficient (Wildman–Crippen LogP) is 2.56. The molecule has 0 amide bonds. The molecule has 0 aromatic heterocycles. The van der Waals surface area contributed by atoms with Crippen LogP contribution in [0.4, 0.5) is 0 Å². The lowest BCUT2D eigenvalue weighted by Crippen LogP contribution is -2.09. The Morgan fingerprint density at radius 1 is 0.950 bits per heavy atom. The Balaban J connectivity index is 2.03. The minimum atomic E-state index is -1.18. The number of aliphatic hydroxyl groups excluding tert-OH is 1. The van der Waals surface area contributed by atoms with Crippen LogP contribution in [0.3, 0.4) is 0 Å². The molecule has 1 atom stereocenters. The minimum Gasteiger partial charge on any atom is -0.428 e. The Morgan fingerprint density at radius 3 is 2.20 bits per heavy atom.